The van der Waals surface area contributed by atoms with Gasteiger partial charge in [-0.05, 0) is 6.07 Å². The fraction of sp³-hybridized carbons (Fsp3) is 0. The van der Waals surface area contributed by atoms with Gasteiger partial charge >= 0.3 is 11.4 Å². The molecule has 0 atom stereocenters. The standard InChI is InChI=1S/C6H2F2N2O4/c7-3-1-2-4(9(11)12)5(8)6(3)10(13)14/h1-2H. The van der Waals surface area contributed by atoms with E-state index in [0.717, 1.165) is 0 Å². The van der Waals surface area contributed by atoms with Gasteiger partial charge in [-0.25, -0.2) is 0 Å². The molecule has 0 aliphatic carbocycles. The van der Waals surface area contributed by atoms with E-state index in [1.54, 1.807) is 0 Å². The Kier molecular flexibility index (Phi) is 2.36. The van der Waals surface area contributed by atoms with E-state index >= 15 is 0 Å². The summed E-state index contributed by atoms with van der Waals surface area (Å²) in [6.07, 6.45) is 0. The topological polar surface area (TPSA) is 86.3 Å². The van der Waals surface area contributed by atoms with Crippen LogP contribution in [0.3, 0.4) is 0 Å². The molecule has 0 unspecified atom stereocenters. The molecule has 14 heavy (non-hydrogen) atoms. The summed E-state index contributed by atoms with van der Waals surface area (Å²) in [6, 6.07) is 0.997. The quantitative estimate of drug-likeness (QED) is 0.542. The second-order valence-electron chi connectivity index (χ2n) is 2.24. The van der Waals surface area contributed by atoms with Crippen LogP contribution >= 0.6 is 0 Å². The Balaban J connectivity index is 3.49. The molecule has 0 spiro atoms. The summed E-state index contributed by atoms with van der Waals surface area (Å²) in [5.74, 6) is -3.22. The van der Waals surface area contributed by atoms with Crippen LogP contribution in [0.25, 0.3) is 0 Å². The molecule has 0 bridgehead atoms. The monoisotopic (exact) mass is 204 g/mol. The molecule has 1 rings (SSSR count). The van der Waals surface area contributed by atoms with Crippen molar-refractivity contribution in [2.24, 2.45) is 0 Å². The van der Waals surface area contributed by atoms with Crippen LogP contribution in [0.1, 0.15) is 0 Å². The molecule has 0 fully saturated rings. The summed E-state index contributed by atoms with van der Waals surface area (Å²) in [5.41, 5.74) is -2.64. The first-order valence-electron chi connectivity index (χ1n) is 3.22. The van der Waals surface area contributed by atoms with Gasteiger partial charge in [0.1, 0.15) is 0 Å². The van der Waals surface area contributed by atoms with Crippen LogP contribution in [-0.2, 0) is 0 Å². The Labute approximate surface area is 75.1 Å². The SMILES string of the molecule is O=[N+]([O-])c1ccc(F)c([N+](=O)[O-])c1F. The van der Waals surface area contributed by atoms with E-state index in [1.165, 1.54) is 0 Å². The van der Waals surface area contributed by atoms with Crippen LogP contribution in [0, 0.1) is 31.9 Å². The molecule has 0 aromatic heterocycles. The highest BCUT2D eigenvalue weighted by Gasteiger charge is 2.29. The zero-order valence-electron chi connectivity index (χ0n) is 6.44. The number of rotatable bonds is 2. The minimum atomic E-state index is -1.78. The highest BCUT2D eigenvalue weighted by molar-refractivity contribution is 5.45. The lowest BCUT2D eigenvalue weighted by atomic mass is 10.2. The van der Waals surface area contributed by atoms with Gasteiger partial charge in [-0.3, -0.25) is 20.2 Å². The number of nitro benzene ring substituents is 2. The normalized spacial score (nSPS) is 9.86. The van der Waals surface area contributed by atoms with E-state index in [9.17, 15) is 29.0 Å². The zero-order valence-corrected chi connectivity index (χ0v) is 6.44. The first-order valence-corrected chi connectivity index (χ1v) is 3.22. The molecule has 0 aliphatic rings. The zero-order chi connectivity index (χ0) is 10.9. The maximum atomic E-state index is 12.9. The lowest BCUT2D eigenvalue weighted by molar-refractivity contribution is -0.401. The molecule has 1 aromatic carbocycles. The summed E-state index contributed by atoms with van der Waals surface area (Å²) in [7, 11) is 0. The smallest absolute Gasteiger partial charge is 0.258 e. The number of halogens is 2. The Hall–Kier alpha value is -2.12. The third kappa shape index (κ3) is 1.49. The van der Waals surface area contributed by atoms with Gasteiger partial charge in [0, 0.05) is 6.07 Å². The maximum Gasteiger partial charge on any atom is 0.347 e. The summed E-state index contributed by atoms with van der Waals surface area (Å²) >= 11 is 0. The first kappa shape index (κ1) is 9.96. The molecule has 0 radical (unpaired) electrons. The summed E-state index contributed by atoms with van der Waals surface area (Å²) in [4.78, 5) is 17.7. The molecule has 0 amide bonds. The van der Waals surface area contributed by atoms with Gasteiger partial charge in [-0.2, -0.15) is 8.78 Å². The molecule has 0 aliphatic heterocycles. The van der Waals surface area contributed by atoms with Crippen molar-refractivity contribution >= 4 is 11.4 Å². The van der Waals surface area contributed by atoms with E-state index in [-0.39, 0.29) is 0 Å². The van der Waals surface area contributed by atoms with Crippen molar-refractivity contribution in [3.8, 4) is 0 Å². The molecule has 74 valence electrons. The summed E-state index contributed by atoms with van der Waals surface area (Å²) < 4.78 is 25.6. The van der Waals surface area contributed by atoms with Crippen molar-refractivity contribution in [3.05, 3.63) is 44.0 Å². The molecule has 0 heterocycles. The third-order valence-electron chi connectivity index (χ3n) is 1.43. The Bertz CT molecular complexity index is 421. The lowest BCUT2D eigenvalue weighted by Gasteiger charge is -1.96. The molecule has 6 nitrogen and oxygen atoms in total. The molecule has 0 saturated carbocycles. The largest absolute Gasteiger partial charge is 0.347 e. The van der Waals surface area contributed by atoms with Gasteiger partial charge in [0.05, 0.1) is 9.85 Å². The van der Waals surface area contributed by atoms with Gasteiger partial charge < -0.3 is 0 Å². The summed E-state index contributed by atoms with van der Waals surface area (Å²) in [5, 5.41) is 20.2. The maximum absolute atomic E-state index is 12.9. The molecular weight excluding hydrogens is 202 g/mol. The van der Waals surface area contributed by atoms with E-state index in [1.807, 2.05) is 0 Å². The van der Waals surface area contributed by atoms with Crippen LogP contribution in [0.15, 0.2) is 12.1 Å². The van der Waals surface area contributed by atoms with Gasteiger partial charge in [-0.15, -0.1) is 0 Å². The van der Waals surface area contributed by atoms with Crippen LogP contribution in [0.2, 0.25) is 0 Å². The Morgan fingerprint density at radius 2 is 1.64 bits per heavy atom. The van der Waals surface area contributed by atoms with Crippen LogP contribution in [0.5, 0.6) is 0 Å². The average Bonchev–Trinajstić information content (AvgIpc) is 2.02. The number of benzene rings is 1. The predicted octanol–water partition coefficient (Wildman–Crippen LogP) is 1.78. The molecule has 8 heteroatoms. The van der Waals surface area contributed by atoms with E-state index in [0.29, 0.717) is 12.1 Å². The number of hydrogen-bond acceptors (Lipinski definition) is 4. The van der Waals surface area contributed by atoms with Gasteiger partial charge in [-0.1, -0.05) is 0 Å². The highest BCUT2D eigenvalue weighted by atomic mass is 19.1. The van der Waals surface area contributed by atoms with Crippen molar-refractivity contribution < 1.29 is 18.6 Å². The fourth-order valence-electron chi connectivity index (χ4n) is 0.839. The van der Waals surface area contributed by atoms with Gasteiger partial charge in [0.25, 0.3) is 5.82 Å². The fourth-order valence-corrected chi connectivity index (χ4v) is 0.839. The van der Waals surface area contributed by atoms with Crippen molar-refractivity contribution in [2.75, 3.05) is 0 Å². The van der Waals surface area contributed by atoms with E-state index < -0.39 is 32.9 Å². The highest BCUT2D eigenvalue weighted by Crippen LogP contribution is 2.28. The van der Waals surface area contributed by atoms with Crippen LogP contribution < -0.4 is 0 Å². The number of hydrogen-bond donors (Lipinski definition) is 0. The predicted molar refractivity (Wildman–Crippen MR) is 39.7 cm³/mol. The third-order valence-corrected chi connectivity index (χ3v) is 1.43. The lowest BCUT2D eigenvalue weighted by Crippen LogP contribution is -2.00. The van der Waals surface area contributed by atoms with Crippen molar-refractivity contribution in [2.45, 2.75) is 0 Å². The van der Waals surface area contributed by atoms with Crippen LogP contribution in [-0.4, -0.2) is 9.85 Å². The summed E-state index contributed by atoms with van der Waals surface area (Å²) in [6.45, 7) is 0. The van der Waals surface area contributed by atoms with Gasteiger partial charge in [0.15, 0.2) is 0 Å². The minimum absolute atomic E-state index is 0.472. The Morgan fingerprint density at radius 1 is 1.07 bits per heavy atom. The second-order valence-corrected chi connectivity index (χ2v) is 2.24. The second kappa shape index (κ2) is 3.32. The molecule has 1 aromatic rings. The molecule has 0 N–H and O–H groups in total. The first-order chi connectivity index (χ1) is 6.45. The molecule has 0 saturated heterocycles. The average molecular weight is 204 g/mol. The Morgan fingerprint density at radius 3 is 2.07 bits per heavy atom. The minimum Gasteiger partial charge on any atom is -0.258 e. The number of nitro groups is 2. The van der Waals surface area contributed by atoms with E-state index in [2.05, 4.69) is 0 Å². The van der Waals surface area contributed by atoms with Crippen molar-refractivity contribution in [1.29, 1.82) is 0 Å². The molecular formula is C6H2F2N2O4. The van der Waals surface area contributed by atoms with Gasteiger partial charge in [0.2, 0.25) is 5.82 Å². The number of nitrogens with zero attached hydrogens (tertiary/aromatic N) is 2. The van der Waals surface area contributed by atoms with Crippen molar-refractivity contribution in [3.63, 3.8) is 0 Å². The van der Waals surface area contributed by atoms with E-state index in [4.69, 9.17) is 0 Å². The van der Waals surface area contributed by atoms with Crippen molar-refractivity contribution in [1.82, 2.24) is 0 Å². The van der Waals surface area contributed by atoms with Crippen LogP contribution in [0.4, 0.5) is 20.2 Å².